The molecule has 0 aromatic heterocycles. The Balaban J connectivity index is 1.20. The highest BCUT2D eigenvalue weighted by Gasteiger charge is 2.48. The fourth-order valence-electron chi connectivity index (χ4n) is 15.0. The van der Waals surface area contributed by atoms with Crippen LogP contribution in [-0.4, -0.2) is 80.2 Å². The first-order valence-electron chi connectivity index (χ1n) is 37.1. The van der Waals surface area contributed by atoms with Crippen LogP contribution in [0.4, 0.5) is 0 Å². The predicted octanol–water partition coefficient (Wildman–Crippen LogP) is 21.4. The van der Waals surface area contributed by atoms with E-state index >= 15 is 28.8 Å². The van der Waals surface area contributed by atoms with Gasteiger partial charge in [-0.2, -0.15) is 0 Å². The fourth-order valence-corrected chi connectivity index (χ4v) is 15.0. The van der Waals surface area contributed by atoms with Gasteiger partial charge in [-0.3, -0.25) is 38.6 Å². The Morgan fingerprint density at radius 3 is 0.755 bits per heavy atom. The number of likely N-dealkylation sites (N-methyl/N-ethyl adjacent to an activating group) is 2. The van der Waals surface area contributed by atoms with Gasteiger partial charge in [-0.25, -0.2) is 0 Å². The predicted molar refractivity (Wildman–Crippen MR) is 422 cm³/mol. The lowest BCUT2D eigenvalue weighted by atomic mass is 9.80. The van der Waals surface area contributed by atoms with Crippen LogP contribution in [0, 0.1) is 11.8 Å². The Morgan fingerprint density at radius 2 is 0.557 bits per heavy atom. The van der Waals surface area contributed by atoms with Gasteiger partial charge in [0.2, 0.25) is 11.8 Å². The summed E-state index contributed by atoms with van der Waals surface area (Å²) >= 11 is 0. The first-order valence-corrected chi connectivity index (χ1v) is 37.1. The number of carbonyl (C=O) groups excluding carboxylic acids is 6. The van der Waals surface area contributed by atoms with E-state index in [9.17, 15) is 0 Å². The molecule has 0 aliphatic carbocycles. The van der Waals surface area contributed by atoms with Gasteiger partial charge >= 0.3 is 0 Å². The molecule has 0 bridgehead atoms. The molecule has 0 saturated carbocycles. The highest BCUT2D eigenvalue weighted by molar-refractivity contribution is 6.45. The second kappa shape index (κ2) is 27.9. The molecule has 11 aromatic carbocycles. The van der Waals surface area contributed by atoms with E-state index < -0.39 is 59.4 Å². The standard InChI is InChI=1S/C92H96N4O10/c1-19-93(51-55-27-23-21-24-28-55)87(101)81(53(3)4)95-83(97)65-47-69(103-61-39-31-57(32-40-61)89(7,8)9)75-77-71(105-63-43-35-59(36-44-63)91(13,14)15)49-67-74-68(86(100)96(85(67)99)82(54(5)6)88(102)94(20-2)52-56-29-25-22-26-30-56)50-72(106-64-45-37-60(38-46-64)92(16,17)18)78(80(74)77)76-70(48-66(84(95)98)73(65)79(75)76)104-62-41-33-58(34-42-62)90(10,11)12/h21-50,53-54,81-82H,19-20,51-52H2,1-18H3. The van der Waals surface area contributed by atoms with E-state index in [1.54, 1.807) is 34.1 Å². The molecule has 544 valence electrons. The Hall–Kier alpha value is -10.9. The molecule has 106 heavy (non-hydrogen) atoms. The summed E-state index contributed by atoms with van der Waals surface area (Å²) in [6.45, 7) is 37.7. The van der Waals surface area contributed by atoms with E-state index in [-0.39, 0.29) is 104 Å². The molecule has 2 atom stereocenters. The van der Waals surface area contributed by atoms with Gasteiger partial charge in [-0.15, -0.1) is 0 Å². The zero-order chi connectivity index (χ0) is 76.0. The van der Waals surface area contributed by atoms with Crippen molar-refractivity contribution in [1.82, 2.24) is 19.6 Å². The van der Waals surface area contributed by atoms with Crippen molar-refractivity contribution < 1.29 is 47.7 Å². The van der Waals surface area contributed by atoms with Crippen molar-refractivity contribution in [2.75, 3.05) is 13.1 Å². The monoisotopic (exact) mass is 1420 g/mol. The lowest BCUT2D eigenvalue weighted by molar-refractivity contribution is -0.138. The minimum Gasteiger partial charge on any atom is -0.457 e. The van der Waals surface area contributed by atoms with Crippen LogP contribution < -0.4 is 18.9 Å². The number of fused-ring (bicyclic) bond motifs is 2. The van der Waals surface area contributed by atoms with Gasteiger partial charge in [-0.05, 0) is 154 Å². The van der Waals surface area contributed by atoms with Gasteiger partial charge in [0.25, 0.3) is 23.6 Å². The van der Waals surface area contributed by atoms with E-state index in [0.717, 1.165) is 43.2 Å². The topological polar surface area (TPSA) is 152 Å². The highest BCUT2D eigenvalue weighted by atomic mass is 16.5. The Labute approximate surface area is 622 Å². The van der Waals surface area contributed by atoms with Gasteiger partial charge in [-0.1, -0.05) is 220 Å². The average molecular weight is 1420 g/mol. The third kappa shape index (κ3) is 13.6. The zero-order valence-corrected chi connectivity index (χ0v) is 64.3. The summed E-state index contributed by atoms with van der Waals surface area (Å²) < 4.78 is 29.6. The average Bonchev–Trinajstić information content (AvgIpc) is 0.670. The third-order valence-corrected chi connectivity index (χ3v) is 20.9. The summed E-state index contributed by atoms with van der Waals surface area (Å²) in [5, 5.41) is 2.49. The summed E-state index contributed by atoms with van der Waals surface area (Å²) in [6, 6.07) is 54.3. The van der Waals surface area contributed by atoms with Crippen molar-refractivity contribution in [3.8, 4) is 46.0 Å². The normalized spacial score (nSPS) is 14.1. The van der Waals surface area contributed by atoms with Crippen LogP contribution in [0.5, 0.6) is 46.0 Å². The number of amides is 6. The molecular weight excluding hydrogens is 1320 g/mol. The number of hydrogen-bond acceptors (Lipinski definition) is 10. The molecule has 2 aliphatic rings. The van der Waals surface area contributed by atoms with Gasteiger partial charge in [0.15, 0.2) is 0 Å². The van der Waals surface area contributed by atoms with Gasteiger partial charge < -0.3 is 28.7 Å². The molecule has 0 N–H and O–H groups in total. The van der Waals surface area contributed by atoms with E-state index in [0.29, 0.717) is 55.3 Å². The molecule has 0 spiro atoms. The van der Waals surface area contributed by atoms with Gasteiger partial charge in [0.1, 0.15) is 58.1 Å². The van der Waals surface area contributed by atoms with Crippen molar-refractivity contribution >= 4 is 78.5 Å². The molecule has 2 heterocycles. The van der Waals surface area contributed by atoms with Crippen molar-refractivity contribution in [2.24, 2.45) is 11.8 Å². The lowest BCUT2D eigenvalue weighted by Gasteiger charge is -2.39. The summed E-state index contributed by atoms with van der Waals surface area (Å²) in [6.07, 6.45) is 0. The molecule has 0 fully saturated rings. The second-order valence-corrected chi connectivity index (χ2v) is 33.2. The first kappa shape index (κ1) is 73.5. The van der Waals surface area contributed by atoms with Gasteiger partial charge in [0.05, 0.1) is 22.3 Å². The van der Waals surface area contributed by atoms with Crippen LogP contribution in [0.3, 0.4) is 0 Å². The first-order chi connectivity index (χ1) is 50.2. The van der Waals surface area contributed by atoms with Gasteiger partial charge in [0, 0.05) is 69.3 Å². The minimum absolute atomic E-state index is 0.0647. The van der Waals surface area contributed by atoms with Crippen molar-refractivity contribution in [2.45, 2.75) is 171 Å². The summed E-state index contributed by atoms with van der Waals surface area (Å²) in [5.74, 6) is -2.76. The maximum atomic E-state index is 16.6. The van der Waals surface area contributed by atoms with Crippen LogP contribution >= 0.6 is 0 Å². The van der Waals surface area contributed by atoms with Crippen molar-refractivity contribution in [3.63, 3.8) is 0 Å². The Bertz CT molecular complexity index is 4670. The highest BCUT2D eigenvalue weighted by Crippen LogP contribution is 2.58. The molecule has 11 aromatic rings. The molecule has 2 aliphatic heterocycles. The van der Waals surface area contributed by atoms with E-state index in [1.165, 1.54) is 0 Å². The van der Waals surface area contributed by atoms with E-state index in [1.807, 2.05) is 199 Å². The molecular formula is C92H96N4O10. The fraction of sp³-hybridized carbons (Fsp3) is 0.326. The molecule has 0 radical (unpaired) electrons. The second-order valence-electron chi connectivity index (χ2n) is 33.2. The quantitative estimate of drug-likeness (QED) is 0.0409. The number of rotatable bonds is 20. The summed E-state index contributed by atoms with van der Waals surface area (Å²) in [5.41, 5.74) is 5.17. The van der Waals surface area contributed by atoms with Crippen LogP contribution in [0.2, 0.25) is 0 Å². The zero-order valence-electron chi connectivity index (χ0n) is 64.3. The smallest absolute Gasteiger partial charge is 0.262 e. The molecule has 0 saturated heterocycles. The maximum absolute atomic E-state index is 16.6. The number of benzene rings is 11. The molecule has 2 unspecified atom stereocenters. The van der Waals surface area contributed by atoms with Crippen molar-refractivity contribution in [1.29, 1.82) is 0 Å². The molecule has 14 nitrogen and oxygen atoms in total. The molecule has 6 amide bonds. The Morgan fingerprint density at radius 1 is 0.330 bits per heavy atom. The lowest BCUT2D eigenvalue weighted by Crippen LogP contribution is -2.56. The summed E-state index contributed by atoms with van der Waals surface area (Å²) in [7, 11) is 0. The number of imide groups is 2. The van der Waals surface area contributed by atoms with Crippen LogP contribution in [0.1, 0.15) is 199 Å². The van der Waals surface area contributed by atoms with Crippen LogP contribution in [0.25, 0.3) is 43.1 Å². The molecule has 14 heteroatoms. The maximum Gasteiger partial charge on any atom is 0.262 e. The number of carbonyl (C=O) groups is 6. The van der Waals surface area contributed by atoms with E-state index in [4.69, 9.17) is 18.9 Å². The minimum atomic E-state index is -1.29. The SMILES string of the molecule is CCN(Cc1ccccc1)C(=O)C(C(C)C)N1C(=O)c2cc(Oc3ccc(C(C)(C)C)cc3)c3c4c(Oc5ccc(C(C)(C)C)cc5)cc5c6c(cc(Oc7ccc(C(C)(C)C)cc7)c(c7c(Oc8ccc(C(C)(C)C)cc8)cc(c2c37)C1=O)c64)C(=O)N(C(C(=O)N(CC)Cc1ccccc1)C(C)C)C5=O. The van der Waals surface area contributed by atoms with Crippen LogP contribution in [-0.2, 0) is 44.3 Å². The largest absolute Gasteiger partial charge is 0.457 e. The van der Waals surface area contributed by atoms with E-state index in [2.05, 4.69) is 83.1 Å². The van der Waals surface area contributed by atoms with Crippen molar-refractivity contribution in [3.05, 3.63) is 238 Å². The molecule has 13 rings (SSSR count). The number of ether oxygens (including phenoxy) is 4. The third-order valence-electron chi connectivity index (χ3n) is 20.9. The Kier molecular flexibility index (Phi) is 19.3. The number of hydrogen-bond donors (Lipinski definition) is 0. The summed E-state index contributed by atoms with van der Waals surface area (Å²) in [4.78, 5) is 103. The van der Waals surface area contributed by atoms with Crippen LogP contribution in [0.15, 0.2) is 182 Å². The number of nitrogens with zero attached hydrogens (tertiary/aromatic N) is 4.